The number of ether oxygens (including phenoxy) is 2. The molecule has 32 heavy (non-hydrogen) atoms. The molecule has 178 valence electrons. The van der Waals surface area contributed by atoms with Gasteiger partial charge in [0.1, 0.15) is 12.4 Å². The summed E-state index contributed by atoms with van der Waals surface area (Å²) in [6, 6.07) is -0.264. The highest BCUT2D eigenvalue weighted by molar-refractivity contribution is 5.89. The number of aromatic nitrogens is 1. The summed E-state index contributed by atoms with van der Waals surface area (Å²) in [6.07, 6.45) is -0.521. The Balaban J connectivity index is 1.69. The van der Waals surface area contributed by atoms with Crippen molar-refractivity contribution in [2.75, 3.05) is 20.3 Å². The zero-order valence-corrected chi connectivity index (χ0v) is 18.3. The largest absolute Gasteiger partial charge is 0.495 e. The van der Waals surface area contributed by atoms with Gasteiger partial charge < -0.3 is 19.5 Å². The minimum atomic E-state index is -4.21. The van der Waals surface area contributed by atoms with Crippen LogP contribution in [0.5, 0.6) is 11.5 Å². The number of aromatic carboxylic acids is 1. The minimum Gasteiger partial charge on any atom is -0.495 e. The van der Waals surface area contributed by atoms with Gasteiger partial charge in [-0.25, -0.2) is 9.78 Å². The van der Waals surface area contributed by atoms with Crippen molar-refractivity contribution in [1.82, 2.24) is 9.88 Å². The fourth-order valence-corrected chi connectivity index (χ4v) is 4.71. The van der Waals surface area contributed by atoms with E-state index in [1.165, 1.54) is 13.3 Å². The summed E-state index contributed by atoms with van der Waals surface area (Å²) < 4.78 is 50.0. The first-order valence-electron chi connectivity index (χ1n) is 11.0. The van der Waals surface area contributed by atoms with E-state index >= 15 is 0 Å². The first-order chi connectivity index (χ1) is 15.2. The van der Waals surface area contributed by atoms with Crippen molar-refractivity contribution in [2.24, 2.45) is 11.8 Å². The second kappa shape index (κ2) is 9.95. The molecule has 7 nitrogen and oxygen atoms in total. The molecule has 2 heterocycles. The summed E-state index contributed by atoms with van der Waals surface area (Å²) in [5.41, 5.74) is 0.366. The van der Waals surface area contributed by atoms with Crippen LogP contribution in [-0.2, 0) is 11.2 Å². The molecule has 0 aromatic carbocycles. The van der Waals surface area contributed by atoms with E-state index in [4.69, 9.17) is 9.47 Å². The molecule has 1 aliphatic heterocycles. The number of likely N-dealkylation sites (tertiary alicyclic amines) is 1. The van der Waals surface area contributed by atoms with E-state index in [1.807, 2.05) is 6.92 Å². The van der Waals surface area contributed by atoms with Crippen molar-refractivity contribution in [3.8, 4) is 11.5 Å². The predicted octanol–water partition coefficient (Wildman–Crippen LogP) is 4.09. The number of carbonyl (C=O) groups is 2. The van der Waals surface area contributed by atoms with Crippen molar-refractivity contribution in [3.63, 3.8) is 0 Å². The predicted molar refractivity (Wildman–Crippen MR) is 109 cm³/mol. The van der Waals surface area contributed by atoms with Gasteiger partial charge in [-0.3, -0.25) is 4.79 Å². The van der Waals surface area contributed by atoms with E-state index in [-0.39, 0.29) is 55.7 Å². The van der Waals surface area contributed by atoms with Crippen LogP contribution in [0.2, 0.25) is 0 Å². The van der Waals surface area contributed by atoms with Gasteiger partial charge in [0, 0.05) is 18.0 Å². The van der Waals surface area contributed by atoms with Crippen molar-refractivity contribution in [1.29, 1.82) is 0 Å². The molecule has 3 rings (SSSR count). The number of hydrogen-bond donors (Lipinski definition) is 1. The van der Waals surface area contributed by atoms with Gasteiger partial charge in [0.05, 0.1) is 25.3 Å². The fourth-order valence-electron chi connectivity index (χ4n) is 4.71. The van der Waals surface area contributed by atoms with Crippen molar-refractivity contribution in [2.45, 2.75) is 64.1 Å². The lowest BCUT2D eigenvalue weighted by Gasteiger charge is -2.33. The first-order valence-corrected chi connectivity index (χ1v) is 11.0. The highest BCUT2D eigenvalue weighted by atomic mass is 19.4. The van der Waals surface area contributed by atoms with Crippen LogP contribution in [0.1, 0.15) is 61.5 Å². The van der Waals surface area contributed by atoms with Crippen LogP contribution in [0.15, 0.2) is 6.20 Å². The first kappa shape index (κ1) is 24.1. The Bertz CT molecular complexity index is 838. The SMILES string of the molecule is CCc1c(OC)cnc(C(=O)O)c1OC[C@H]1CCCN1C(=O)[C@H]1CC[C@H](C(F)(F)F)CC1. The molecule has 0 bridgehead atoms. The standard InChI is InChI=1S/C22H29F3N2O5/c1-3-16-17(31-2)11-26-18(21(29)30)19(16)32-12-15-5-4-10-27(15)20(28)13-6-8-14(9-7-13)22(23,24)25/h11,13-15H,3-10,12H2,1-2H3,(H,29,30)/t13-,14-,15-/m1/s1. The van der Waals surface area contributed by atoms with E-state index in [2.05, 4.69) is 4.98 Å². The molecule has 1 aliphatic carbocycles. The van der Waals surface area contributed by atoms with Gasteiger partial charge in [-0.2, -0.15) is 13.2 Å². The van der Waals surface area contributed by atoms with Crippen molar-refractivity contribution < 1.29 is 37.3 Å². The maximum Gasteiger partial charge on any atom is 0.391 e. The number of rotatable bonds is 7. The molecule has 1 aromatic heterocycles. The number of halogens is 3. The molecule has 2 aliphatic rings. The second-order valence-corrected chi connectivity index (χ2v) is 8.37. The number of carboxylic acids is 1. The van der Waals surface area contributed by atoms with E-state index in [0.29, 0.717) is 30.7 Å². The Morgan fingerprint density at radius 1 is 1.22 bits per heavy atom. The Hall–Kier alpha value is -2.52. The van der Waals surface area contributed by atoms with Crippen LogP contribution in [0.3, 0.4) is 0 Å². The summed E-state index contributed by atoms with van der Waals surface area (Å²) in [5, 5.41) is 9.50. The van der Waals surface area contributed by atoms with Crippen LogP contribution < -0.4 is 9.47 Å². The Labute approximate surface area is 184 Å². The van der Waals surface area contributed by atoms with Crippen LogP contribution in [-0.4, -0.2) is 59.3 Å². The number of hydrogen-bond acceptors (Lipinski definition) is 5. The van der Waals surface area contributed by atoms with E-state index < -0.39 is 24.0 Å². The molecule has 1 aromatic rings. The molecule has 1 amide bonds. The van der Waals surface area contributed by atoms with Crippen LogP contribution in [0.25, 0.3) is 0 Å². The molecule has 0 unspecified atom stereocenters. The van der Waals surface area contributed by atoms with Crippen molar-refractivity contribution >= 4 is 11.9 Å². The lowest BCUT2D eigenvalue weighted by molar-refractivity contribution is -0.185. The molecule has 1 N–H and O–H groups in total. The number of amides is 1. The lowest BCUT2D eigenvalue weighted by atomic mass is 9.81. The summed E-state index contributed by atoms with van der Waals surface area (Å²) >= 11 is 0. The summed E-state index contributed by atoms with van der Waals surface area (Å²) in [7, 11) is 1.46. The third-order valence-corrected chi connectivity index (χ3v) is 6.49. The Kier molecular flexibility index (Phi) is 7.51. The van der Waals surface area contributed by atoms with Crippen LogP contribution in [0, 0.1) is 11.8 Å². The van der Waals surface area contributed by atoms with Crippen LogP contribution in [0.4, 0.5) is 13.2 Å². The number of carboxylic acid groups (broad SMARTS) is 1. The molecular weight excluding hydrogens is 429 g/mol. The summed E-state index contributed by atoms with van der Waals surface area (Å²) in [4.78, 5) is 30.3. The smallest absolute Gasteiger partial charge is 0.391 e. The summed E-state index contributed by atoms with van der Waals surface area (Å²) in [6.45, 7) is 2.46. The van der Waals surface area contributed by atoms with Gasteiger partial charge in [0.25, 0.3) is 0 Å². The average molecular weight is 458 g/mol. The third-order valence-electron chi connectivity index (χ3n) is 6.49. The van der Waals surface area contributed by atoms with E-state index in [9.17, 15) is 27.9 Å². The van der Waals surface area contributed by atoms with Gasteiger partial charge in [-0.1, -0.05) is 6.92 Å². The molecular formula is C22H29F3N2O5. The number of carbonyl (C=O) groups excluding carboxylic acids is 1. The molecule has 2 fully saturated rings. The number of pyridine rings is 1. The lowest BCUT2D eigenvalue weighted by Crippen LogP contribution is -2.44. The fraction of sp³-hybridized carbons (Fsp3) is 0.682. The Morgan fingerprint density at radius 3 is 2.47 bits per heavy atom. The van der Waals surface area contributed by atoms with E-state index in [1.54, 1.807) is 4.90 Å². The number of nitrogens with zero attached hydrogens (tertiary/aromatic N) is 2. The maximum atomic E-state index is 13.0. The zero-order chi connectivity index (χ0) is 23.5. The molecule has 1 atom stereocenters. The molecule has 1 saturated heterocycles. The molecule has 0 spiro atoms. The summed E-state index contributed by atoms with van der Waals surface area (Å²) in [5.74, 6) is -2.54. The number of methoxy groups -OCH3 is 1. The Morgan fingerprint density at radius 2 is 1.91 bits per heavy atom. The quantitative estimate of drug-likeness (QED) is 0.662. The van der Waals surface area contributed by atoms with Gasteiger partial charge in [0.15, 0.2) is 11.4 Å². The molecule has 0 radical (unpaired) electrons. The van der Waals surface area contributed by atoms with Gasteiger partial charge >= 0.3 is 12.1 Å². The van der Waals surface area contributed by atoms with Gasteiger partial charge in [-0.05, 0) is 44.9 Å². The van der Waals surface area contributed by atoms with Gasteiger partial charge in [-0.15, -0.1) is 0 Å². The van der Waals surface area contributed by atoms with Crippen molar-refractivity contribution in [3.05, 3.63) is 17.5 Å². The van der Waals surface area contributed by atoms with Gasteiger partial charge in [0.2, 0.25) is 5.91 Å². The normalized spacial score (nSPS) is 23.8. The molecule has 1 saturated carbocycles. The topological polar surface area (TPSA) is 89.0 Å². The van der Waals surface area contributed by atoms with Crippen LogP contribution >= 0.6 is 0 Å². The van der Waals surface area contributed by atoms with E-state index in [0.717, 1.165) is 6.42 Å². The monoisotopic (exact) mass is 458 g/mol. The third kappa shape index (κ3) is 5.10. The number of alkyl halides is 3. The highest BCUT2D eigenvalue weighted by Gasteiger charge is 2.44. The zero-order valence-electron chi connectivity index (χ0n) is 18.3. The average Bonchev–Trinajstić information content (AvgIpc) is 3.24. The highest BCUT2D eigenvalue weighted by Crippen LogP contribution is 2.40. The minimum absolute atomic E-state index is 0.0216. The second-order valence-electron chi connectivity index (χ2n) is 8.37. The molecule has 10 heteroatoms. The maximum absolute atomic E-state index is 13.0.